The Morgan fingerprint density at radius 3 is 2.40 bits per heavy atom. The van der Waals surface area contributed by atoms with Gasteiger partial charge in [0.1, 0.15) is 6.04 Å². The van der Waals surface area contributed by atoms with E-state index in [0.717, 1.165) is 12.8 Å². The number of carboxylic acid groups (broad SMARTS) is 1. The van der Waals surface area contributed by atoms with Crippen molar-refractivity contribution in [2.24, 2.45) is 0 Å². The molecule has 0 aromatic heterocycles. The summed E-state index contributed by atoms with van der Waals surface area (Å²) < 4.78 is 25.1. The van der Waals surface area contributed by atoms with E-state index in [1.165, 1.54) is 4.31 Å². The number of aliphatic carboxylic acids is 1. The quantitative estimate of drug-likeness (QED) is 0.766. The highest BCUT2D eigenvalue weighted by Crippen LogP contribution is 2.34. The second-order valence-corrected chi connectivity index (χ2v) is 6.37. The van der Waals surface area contributed by atoms with Crippen LogP contribution in [0.15, 0.2) is 0 Å². The summed E-state index contributed by atoms with van der Waals surface area (Å²) in [4.78, 5) is 10.9. The van der Waals surface area contributed by atoms with Crippen molar-refractivity contribution in [1.29, 1.82) is 0 Å². The van der Waals surface area contributed by atoms with Gasteiger partial charge >= 0.3 is 5.97 Å². The van der Waals surface area contributed by atoms with E-state index in [9.17, 15) is 13.2 Å². The normalized spacial score (nSPS) is 28.9. The molecule has 1 aliphatic heterocycles. The highest BCUT2D eigenvalue weighted by Gasteiger charge is 2.45. The number of rotatable bonds is 3. The van der Waals surface area contributed by atoms with E-state index in [1.807, 2.05) is 0 Å². The fraction of sp³-hybridized carbons (Fsp3) is 0.889. The molecule has 6 heteroatoms. The Hall–Kier alpha value is -0.620. The molecule has 1 N–H and O–H groups in total. The SMILES string of the molecule is O=C(O)C1CCCCN1S(=O)(=O)C1CC1. The second-order valence-electron chi connectivity index (χ2n) is 4.20. The smallest absolute Gasteiger partial charge is 0.322 e. The van der Waals surface area contributed by atoms with Crippen molar-refractivity contribution in [2.45, 2.75) is 43.4 Å². The van der Waals surface area contributed by atoms with Crippen LogP contribution >= 0.6 is 0 Å². The van der Waals surface area contributed by atoms with E-state index in [-0.39, 0.29) is 5.25 Å². The van der Waals surface area contributed by atoms with E-state index in [4.69, 9.17) is 5.11 Å². The number of hydrogen-bond donors (Lipinski definition) is 1. The second kappa shape index (κ2) is 3.75. The monoisotopic (exact) mass is 233 g/mol. The molecule has 1 saturated carbocycles. The number of carboxylic acids is 1. The molecule has 1 saturated heterocycles. The molecule has 0 amide bonds. The third-order valence-electron chi connectivity index (χ3n) is 3.01. The maximum atomic E-state index is 11.9. The first kappa shape index (κ1) is 10.9. The highest BCUT2D eigenvalue weighted by atomic mass is 32.2. The van der Waals surface area contributed by atoms with Gasteiger partial charge in [0.15, 0.2) is 0 Å². The van der Waals surface area contributed by atoms with Gasteiger partial charge in [0.25, 0.3) is 0 Å². The van der Waals surface area contributed by atoms with Crippen LogP contribution in [0.4, 0.5) is 0 Å². The van der Waals surface area contributed by atoms with Crippen LogP contribution in [0.25, 0.3) is 0 Å². The molecule has 5 nitrogen and oxygen atoms in total. The third kappa shape index (κ3) is 2.01. The Kier molecular flexibility index (Phi) is 2.72. The molecule has 1 heterocycles. The molecule has 0 spiro atoms. The van der Waals surface area contributed by atoms with Crippen molar-refractivity contribution in [3.63, 3.8) is 0 Å². The van der Waals surface area contributed by atoms with E-state index in [1.54, 1.807) is 0 Å². The van der Waals surface area contributed by atoms with Crippen molar-refractivity contribution in [2.75, 3.05) is 6.54 Å². The van der Waals surface area contributed by atoms with Crippen molar-refractivity contribution in [1.82, 2.24) is 4.31 Å². The topological polar surface area (TPSA) is 74.7 Å². The first-order valence-corrected chi connectivity index (χ1v) is 6.77. The van der Waals surface area contributed by atoms with Crippen LogP contribution in [0.3, 0.4) is 0 Å². The minimum Gasteiger partial charge on any atom is -0.480 e. The zero-order valence-corrected chi connectivity index (χ0v) is 9.24. The van der Waals surface area contributed by atoms with E-state index < -0.39 is 22.0 Å². The minimum absolute atomic E-state index is 0.308. The van der Waals surface area contributed by atoms with Crippen molar-refractivity contribution in [3.05, 3.63) is 0 Å². The molecular weight excluding hydrogens is 218 g/mol. The van der Waals surface area contributed by atoms with Gasteiger partial charge in [-0.3, -0.25) is 4.79 Å². The van der Waals surface area contributed by atoms with Crippen LogP contribution < -0.4 is 0 Å². The van der Waals surface area contributed by atoms with Gasteiger partial charge in [-0.2, -0.15) is 4.31 Å². The molecule has 2 rings (SSSR count). The lowest BCUT2D eigenvalue weighted by atomic mass is 10.1. The molecule has 0 bridgehead atoms. The predicted molar refractivity (Wildman–Crippen MR) is 53.9 cm³/mol. The van der Waals surface area contributed by atoms with E-state index in [0.29, 0.717) is 25.8 Å². The summed E-state index contributed by atoms with van der Waals surface area (Å²) in [5.74, 6) is -1.01. The number of nitrogens with zero attached hydrogens (tertiary/aromatic N) is 1. The maximum absolute atomic E-state index is 11.9. The standard InChI is InChI=1S/C9H15NO4S/c11-9(12)8-3-1-2-6-10(8)15(13,14)7-4-5-7/h7-8H,1-6H2,(H,11,12). The van der Waals surface area contributed by atoms with Gasteiger partial charge in [-0.1, -0.05) is 0 Å². The summed E-state index contributed by atoms with van der Waals surface area (Å²) in [7, 11) is -3.33. The Morgan fingerprint density at radius 2 is 1.87 bits per heavy atom. The molecule has 0 aromatic rings. The Labute approximate surface area is 89.1 Å². The molecule has 1 unspecified atom stereocenters. The molecule has 0 radical (unpaired) electrons. The molecule has 15 heavy (non-hydrogen) atoms. The van der Waals surface area contributed by atoms with Crippen LogP contribution in [0.2, 0.25) is 0 Å². The van der Waals surface area contributed by atoms with Crippen LogP contribution in [0, 0.1) is 0 Å². The van der Waals surface area contributed by atoms with E-state index >= 15 is 0 Å². The number of carbonyl (C=O) groups is 1. The molecule has 1 aliphatic carbocycles. The molecule has 1 atom stereocenters. The number of sulfonamides is 1. The average Bonchev–Trinajstić information content (AvgIpc) is 3.01. The van der Waals surface area contributed by atoms with Crippen LogP contribution in [0.5, 0.6) is 0 Å². The molecule has 2 aliphatic rings. The van der Waals surface area contributed by atoms with Crippen LogP contribution in [0.1, 0.15) is 32.1 Å². The Bertz CT molecular complexity index is 360. The summed E-state index contributed by atoms with van der Waals surface area (Å²) in [6, 6.07) is -0.829. The largest absolute Gasteiger partial charge is 0.480 e. The van der Waals surface area contributed by atoms with Gasteiger partial charge in [-0.25, -0.2) is 8.42 Å². The van der Waals surface area contributed by atoms with Crippen molar-refractivity contribution in [3.8, 4) is 0 Å². The summed E-state index contributed by atoms with van der Waals surface area (Å²) in [6.07, 6.45) is 3.39. The van der Waals surface area contributed by atoms with Crippen molar-refractivity contribution < 1.29 is 18.3 Å². The fourth-order valence-corrected chi connectivity index (χ4v) is 4.06. The van der Waals surface area contributed by atoms with Gasteiger partial charge in [0.2, 0.25) is 10.0 Å². The lowest BCUT2D eigenvalue weighted by molar-refractivity contribution is -0.142. The van der Waals surface area contributed by atoms with Gasteiger partial charge in [0, 0.05) is 6.54 Å². The zero-order valence-electron chi connectivity index (χ0n) is 8.42. The molecule has 86 valence electrons. The van der Waals surface area contributed by atoms with Crippen LogP contribution in [-0.2, 0) is 14.8 Å². The van der Waals surface area contributed by atoms with Crippen LogP contribution in [-0.4, -0.2) is 41.6 Å². The number of hydrogen-bond acceptors (Lipinski definition) is 3. The highest BCUT2D eigenvalue weighted by molar-refractivity contribution is 7.90. The lowest BCUT2D eigenvalue weighted by Crippen LogP contribution is -2.49. The number of piperidine rings is 1. The first-order valence-electron chi connectivity index (χ1n) is 5.27. The summed E-state index contributed by atoms with van der Waals surface area (Å²) in [5.41, 5.74) is 0. The average molecular weight is 233 g/mol. The maximum Gasteiger partial charge on any atom is 0.322 e. The fourth-order valence-electron chi connectivity index (χ4n) is 2.01. The Balaban J connectivity index is 2.20. The molecule has 0 aromatic carbocycles. The van der Waals surface area contributed by atoms with Gasteiger partial charge in [0.05, 0.1) is 5.25 Å². The predicted octanol–water partition coefficient (Wildman–Crippen LogP) is 0.418. The zero-order chi connectivity index (χ0) is 11.1. The summed E-state index contributed by atoms with van der Waals surface area (Å²) >= 11 is 0. The van der Waals surface area contributed by atoms with E-state index in [2.05, 4.69) is 0 Å². The minimum atomic E-state index is -3.33. The first-order chi connectivity index (χ1) is 7.03. The molecular formula is C9H15NO4S. The van der Waals surface area contributed by atoms with Gasteiger partial charge < -0.3 is 5.11 Å². The summed E-state index contributed by atoms with van der Waals surface area (Å²) in [6.45, 7) is 0.371. The van der Waals surface area contributed by atoms with Crippen molar-refractivity contribution >= 4 is 16.0 Å². The third-order valence-corrected chi connectivity index (χ3v) is 5.42. The van der Waals surface area contributed by atoms with Gasteiger partial charge in [-0.05, 0) is 32.1 Å². The van der Waals surface area contributed by atoms with Gasteiger partial charge in [-0.15, -0.1) is 0 Å². The summed E-state index contributed by atoms with van der Waals surface area (Å²) in [5, 5.41) is 8.66. The molecule has 2 fully saturated rings. The Morgan fingerprint density at radius 1 is 1.20 bits per heavy atom. The lowest BCUT2D eigenvalue weighted by Gasteiger charge is -2.31.